The molecule has 1 aromatic carbocycles. The number of amides is 1. The third-order valence-electron chi connectivity index (χ3n) is 4.10. The number of halogens is 6. The van der Waals surface area contributed by atoms with Gasteiger partial charge in [0, 0.05) is 0 Å². The smallest absolute Gasteiger partial charge is 0.418 e. The third-order valence-corrected chi connectivity index (χ3v) is 4.10. The summed E-state index contributed by atoms with van der Waals surface area (Å²) in [5.41, 5.74) is -2.84. The van der Waals surface area contributed by atoms with E-state index in [-0.39, 0.29) is 5.69 Å². The molecular weight excluding hydrogens is 354 g/mol. The summed E-state index contributed by atoms with van der Waals surface area (Å²) in [6, 6.07) is 1.74. The minimum atomic E-state index is -4.90. The van der Waals surface area contributed by atoms with Crippen LogP contribution in [0.1, 0.15) is 23.6 Å². The molecule has 0 bridgehead atoms. The van der Waals surface area contributed by atoms with Gasteiger partial charge in [-0.1, -0.05) is 6.92 Å². The number of hydrogen-bond acceptors (Lipinski definition) is 3. The van der Waals surface area contributed by atoms with E-state index >= 15 is 0 Å². The highest BCUT2D eigenvalue weighted by Crippen LogP contribution is 2.41. The summed E-state index contributed by atoms with van der Waals surface area (Å²) in [5, 5.41) is 8.86. The fourth-order valence-corrected chi connectivity index (χ4v) is 2.72. The van der Waals surface area contributed by atoms with Gasteiger partial charge in [0.15, 0.2) is 0 Å². The highest BCUT2D eigenvalue weighted by Gasteiger charge is 2.50. The quantitative estimate of drug-likeness (QED) is 0.729. The van der Waals surface area contributed by atoms with Gasteiger partial charge in [0.2, 0.25) is 0 Å². The summed E-state index contributed by atoms with van der Waals surface area (Å²) >= 11 is 0. The molecule has 1 fully saturated rings. The first-order valence-electron chi connectivity index (χ1n) is 7.03. The zero-order valence-electron chi connectivity index (χ0n) is 13.0. The van der Waals surface area contributed by atoms with Crippen LogP contribution in [-0.2, 0) is 10.9 Å². The molecule has 2 rings (SSSR count). The van der Waals surface area contributed by atoms with Gasteiger partial charge >= 0.3 is 18.4 Å². The molecule has 1 amide bonds. The van der Waals surface area contributed by atoms with Crippen molar-refractivity contribution in [2.75, 3.05) is 11.5 Å². The Kier molecular flexibility index (Phi) is 4.63. The average molecular weight is 366 g/mol. The topological polar surface area (TPSA) is 53.3 Å². The van der Waals surface area contributed by atoms with Crippen LogP contribution in [0.3, 0.4) is 0 Å². The first-order chi connectivity index (χ1) is 11.4. The van der Waals surface area contributed by atoms with Crippen LogP contribution in [-0.4, -0.2) is 24.9 Å². The Hall–Kier alpha value is -2.44. The van der Waals surface area contributed by atoms with Gasteiger partial charge in [-0.05, 0) is 24.6 Å². The molecule has 0 spiro atoms. The molecule has 0 saturated carbocycles. The molecule has 1 saturated heterocycles. The van der Waals surface area contributed by atoms with Crippen LogP contribution in [0.2, 0.25) is 0 Å². The van der Waals surface area contributed by atoms with Crippen molar-refractivity contribution >= 4 is 11.8 Å². The predicted molar refractivity (Wildman–Crippen MR) is 73.7 cm³/mol. The molecule has 1 unspecified atom stereocenters. The lowest BCUT2D eigenvalue weighted by molar-refractivity contribution is -0.174. The van der Waals surface area contributed by atoms with Crippen LogP contribution < -0.4 is 4.90 Å². The SMILES string of the molecule is Cc1c(N2C(=O)OC[C@@H]2C(C)C(F)(F)F)ccc(C#N)c1C(F)(F)F. The zero-order valence-corrected chi connectivity index (χ0v) is 13.0. The Morgan fingerprint density at radius 2 is 1.88 bits per heavy atom. The van der Waals surface area contributed by atoms with Crippen molar-refractivity contribution < 1.29 is 35.9 Å². The van der Waals surface area contributed by atoms with E-state index in [2.05, 4.69) is 4.74 Å². The largest absolute Gasteiger partial charge is 0.447 e. The number of cyclic esters (lactones) is 1. The maximum atomic E-state index is 13.2. The molecule has 136 valence electrons. The molecule has 0 aromatic heterocycles. The van der Waals surface area contributed by atoms with E-state index in [0.29, 0.717) is 4.90 Å². The highest BCUT2D eigenvalue weighted by atomic mass is 19.4. The van der Waals surface area contributed by atoms with Crippen LogP contribution >= 0.6 is 0 Å². The number of anilines is 1. The van der Waals surface area contributed by atoms with E-state index in [1.807, 2.05) is 0 Å². The molecule has 25 heavy (non-hydrogen) atoms. The van der Waals surface area contributed by atoms with E-state index in [4.69, 9.17) is 5.26 Å². The second-order valence-corrected chi connectivity index (χ2v) is 5.59. The number of benzene rings is 1. The van der Waals surface area contributed by atoms with Gasteiger partial charge in [0.25, 0.3) is 0 Å². The van der Waals surface area contributed by atoms with E-state index in [0.717, 1.165) is 26.0 Å². The molecule has 1 heterocycles. The van der Waals surface area contributed by atoms with E-state index in [1.54, 1.807) is 0 Å². The fraction of sp³-hybridized carbons (Fsp3) is 0.467. The Morgan fingerprint density at radius 3 is 2.36 bits per heavy atom. The maximum absolute atomic E-state index is 13.2. The standard InChI is InChI=1S/C15H12F6N2O2/c1-7-10(4-3-9(5-22)12(7)15(19,20)21)23-11(6-25-13(23)24)8(2)14(16,17)18/h3-4,8,11H,6H2,1-2H3/t8?,11-/m1/s1. The number of carbonyl (C=O) groups excluding carboxylic acids is 1. The van der Waals surface area contributed by atoms with Crippen molar-refractivity contribution in [2.24, 2.45) is 5.92 Å². The normalized spacial score (nSPS) is 19.6. The van der Waals surface area contributed by atoms with Crippen molar-refractivity contribution in [3.8, 4) is 6.07 Å². The van der Waals surface area contributed by atoms with Gasteiger partial charge in [-0.15, -0.1) is 0 Å². The lowest BCUT2D eigenvalue weighted by atomic mass is 9.96. The predicted octanol–water partition coefficient (Wildman–Crippen LogP) is 4.41. The highest BCUT2D eigenvalue weighted by molar-refractivity contribution is 5.91. The molecular formula is C15H12F6N2O2. The summed E-state index contributed by atoms with van der Waals surface area (Å²) in [4.78, 5) is 12.4. The van der Waals surface area contributed by atoms with Crippen molar-refractivity contribution in [3.63, 3.8) is 0 Å². The van der Waals surface area contributed by atoms with Crippen molar-refractivity contribution in [1.29, 1.82) is 5.26 Å². The number of nitriles is 1. The summed E-state index contributed by atoms with van der Waals surface area (Å²) in [5.74, 6) is -2.01. The van der Waals surface area contributed by atoms with E-state index in [1.165, 1.54) is 6.07 Å². The molecule has 1 aliphatic rings. The second-order valence-electron chi connectivity index (χ2n) is 5.59. The first kappa shape index (κ1) is 18.9. The Bertz CT molecular complexity index is 735. The van der Waals surface area contributed by atoms with Crippen LogP contribution in [0.25, 0.3) is 0 Å². The number of ether oxygens (including phenoxy) is 1. The van der Waals surface area contributed by atoms with Crippen molar-refractivity contribution in [3.05, 3.63) is 28.8 Å². The molecule has 0 N–H and O–H groups in total. The number of rotatable bonds is 2. The monoisotopic (exact) mass is 366 g/mol. The summed E-state index contributed by atoms with van der Waals surface area (Å²) in [6.07, 6.45) is -10.7. The van der Waals surface area contributed by atoms with Crippen LogP contribution in [0.4, 0.5) is 36.8 Å². The summed E-state index contributed by atoms with van der Waals surface area (Å²) in [6.45, 7) is 1.23. The molecule has 1 aromatic rings. The summed E-state index contributed by atoms with van der Waals surface area (Å²) < 4.78 is 83.3. The molecule has 2 atom stereocenters. The van der Waals surface area contributed by atoms with Crippen LogP contribution in [0.15, 0.2) is 12.1 Å². The van der Waals surface area contributed by atoms with Crippen LogP contribution in [0, 0.1) is 24.2 Å². The number of hydrogen-bond donors (Lipinski definition) is 0. The lowest BCUT2D eigenvalue weighted by Gasteiger charge is -2.30. The van der Waals surface area contributed by atoms with Gasteiger partial charge in [0.1, 0.15) is 6.61 Å². The van der Waals surface area contributed by atoms with Gasteiger partial charge in [0.05, 0.1) is 34.8 Å². The first-order valence-corrected chi connectivity index (χ1v) is 7.03. The zero-order chi connectivity index (χ0) is 19.2. The number of carbonyl (C=O) groups is 1. The molecule has 10 heteroatoms. The Balaban J connectivity index is 2.60. The second kappa shape index (κ2) is 6.13. The molecule has 4 nitrogen and oxygen atoms in total. The maximum Gasteiger partial charge on any atom is 0.418 e. The van der Waals surface area contributed by atoms with Crippen LogP contribution in [0.5, 0.6) is 0 Å². The van der Waals surface area contributed by atoms with Crippen molar-refractivity contribution in [1.82, 2.24) is 0 Å². The Labute approximate surface area is 138 Å². The minimum Gasteiger partial charge on any atom is -0.447 e. The van der Waals surface area contributed by atoms with Crippen molar-refractivity contribution in [2.45, 2.75) is 32.2 Å². The molecule has 0 radical (unpaired) electrons. The fourth-order valence-electron chi connectivity index (χ4n) is 2.72. The lowest BCUT2D eigenvalue weighted by Crippen LogP contribution is -2.44. The van der Waals surface area contributed by atoms with E-state index in [9.17, 15) is 31.1 Å². The van der Waals surface area contributed by atoms with Gasteiger partial charge in [-0.25, -0.2) is 4.79 Å². The van der Waals surface area contributed by atoms with E-state index < -0.39 is 53.7 Å². The molecule has 0 aliphatic carbocycles. The Morgan fingerprint density at radius 1 is 1.28 bits per heavy atom. The van der Waals surface area contributed by atoms with Gasteiger partial charge < -0.3 is 4.74 Å². The number of nitrogens with zero attached hydrogens (tertiary/aromatic N) is 2. The summed E-state index contributed by atoms with van der Waals surface area (Å²) in [7, 11) is 0. The van der Waals surface area contributed by atoms with Gasteiger partial charge in [-0.2, -0.15) is 31.6 Å². The number of alkyl halides is 6. The minimum absolute atomic E-state index is 0.366. The molecule has 1 aliphatic heterocycles. The third kappa shape index (κ3) is 3.36. The van der Waals surface area contributed by atoms with Gasteiger partial charge in [-0.3, -0.25) is 4.90 Å². The average Bonchev–Trinajstić information content (AvgIpc) is 2.85.